The van der Waals surface area contributed by atoms with Crippen molar-refractivity contribution < 1.29 is 22.8 Å². The number of hydrogen-bond acceptors (Lipinski definition) is 4. The van der Waals surface area contributed by atoms with Crippen LogP contribution in [0.4, 0.5) is 13.2 Å². The molecule has 0 radical (unpaired) electrons. The zero-order chi connectivity index (χ0) is 19.0. The van der Waals surface area contributed by atoms with Crippen molar-refractivity contribution in [1.82, 2.24) is 10.6 Å². The smallest absolute Gasteiger partial charge is 0.379 e. The first-order chi connectivity index (χ1) is 12.4. The highest BCUT2D eigenvalue weighted by Crippen LogP contribution is 2.16. The number of rotatable bonds is 8. The fourth-order valence-electron chi connectivity index (χ4n) is 2.12. The molecular weight excluding hydrogens is 365 g/mol. The summed E-state index contributed by atoms with van der Waals surface area (Å²) >= 11 is 1.49. The van der Waals surface area contributed by atoms with Gasteiger partial charge in [0.25, 0.3) is 5.78 Å². The fourth-order valence-corrected chi connectivity index (χ4v) is 2.77. The Labute approximate surface area is 152 Å². The molecule has 2 aromatic rings. The molecule has 4 nitrogen and oxygen atoms in total. The highest BCUT2D eigenvalue weighted by Gasteiger charge is 2.36. The van der Waals surface area contributed by atoms with Crippen LogP contribution in [0.2, 0.25) is 0 Å². The Bertz CT molecular complexity index is 744. The Kier molecular flexibility index (Phi) is 6.97. The van der Waals surface area contributed by atoms with Crippen molar-refractivity contribution in [3.05, 3.63) is 70.6 Å². The predicted molar refractivity (Wildman–Crippen MR) is 93.4 cm³/mol. The van der Waals surface area contributed by atoms with Gasteiger partial charge in [0.2, 0.25) is 5.91 Å². The van der Waals surface area contributed by atoms with Gasteiger partial charge < -0.3 is 10.6 Å². The summed E-state index contributed by atoms with van der Waals surface area (Å²) in [6.45, 7) is 0.328. The first-order valence-electron chi connectivity index (χ1n) is 7.74. The molecule has 0 saturated heterocycles. The van der Waals surface area contributed by atoms with Crippen LogP contribution in [0, 0.1) is 0 Å². The lowest BCUT2D eigenvalue weighted by atomic mass is 10.1. The molecule has 0 bridgehead atoms. The first kappa shape index (κ1) is 19.7. The number of carbonyl (C=O) groups is 2. The van der Waals surface area contributed by atoms with Crippen LogP contribution in [0.1, 0.15) is 10.4 Å². The van der Waals surface area contributed by atoms with Crippen LogP contribution in [0.15, 0.2) is 60.1 Å². The van der Waals surface area contributed by atoms with Crippen molar-refractivity contribution in [3.8, 4) is 0 Å². The van der Waals surface area contributed by atoms with Gasteiger partial charge in [0.15, 0.2) is 0 Å². The topological polar surface area (TPSA) is 58.2 Å². The van der Waals surface area contributed by atoms with Gasteiger partial charge in [0.1, 0.15) is 6.04 Å². The number of amides is 1. The first-order valence-corrected chi connectivity index (χ1v) is 8.62. The van der Waals surface area contributed by atoms with E-state index < -0.39 is 18.0 Å². The average Bonchev–Trinajstić information content (AvgIpc) is 3.12. The van der Waals surface area contributed by atoms with Gasteiger partial charge >= 0.3 is 6.18 Å². The molecule has 1 unspecified atom stereocenters. The maximum atomic E-state index is 12.4. The van der Waals surface area contributed by atoms with E-state index in [1.165, 1.54) is 11.3 Å². The quantitative estimate of drug-likeness (QED) is 0.690. The lowest BCUT2D eigenvalue weighted by molar-refractivity contribution is -0.165. The van der Waals surface area contributed by atoms with Crippen molar-refractivity contribution in [1.29, 1.82) is 0 Å². The van der Waals surface area contributed by atoms with E-state index in [1.54, 1.807) is 12.1 Å². The lowest BCUT2D eigenvalue weighted by Crippen LogP contribution is -2.43. The van der Waals surface area contributed by atoms with Crippen LogP contribution in [-0.4, -0.2) is 23.9 Å². The van der Waals surface area contributed by atoms with Gasteiger partial charge in [0.05, 0.1) is 6.54 Å². The molecule has 1 atom stereocenters. The van der Waals surface area contributed by atoms with Crippen LogP contribution < -0.4 is 10.6 Å². The zero-order valence-electron chi connectivity index (χ0n) is 13.6. The molecule has 0 aliphatic carbocycles. The van der Waals surface area contributed by atoms with Crippen molar-refractivity contribution in [2.75, 3.05) is 0 Å². The maximum absolute atomic E-state index is 12.4. The second-order valence-corrected chi connectivity index (χ2v) is 6.43. The number of allylic oxidation sites excluding steroid dienone is 1. The van der Waals surface area contributed by atoms with E-state index in [0.29, 0.717) is 12.6 Å². The number of thiophene rings is 1. The molecule has 1 amide bonds. The summed E-state index contributed by atoms with van der Waals surface area (Å²) in [6, 6.07) is 12.0. The van der Waals surface area contributed by atoms with Crippen molar-refractivity contribution in [2.24, 2.45) is 0 Å². The zero-order valence-corrected chi connectivity index (χ0v) is 14.4. The Morgan fingerprint density at radius 2 is 1.85 bits per heavy atom. The summed E-state index contributed by atoms with van der Waals surface area (Å²) in [7, 11) is 0. The predicted octanol–water partition coefficient (Wildman–Crippen LogP) is 3.21. The van der Waals surface area contributed by atoms with Crippen molar-refractivity contribution >= 4 is 23.0 Å². The van der Waals surface area contributed by atoms with Gasteiger partial charge in [-0.2, -0.15) is 13.2 Å². The van der Waals surface area contributed by atoms with Crippen LogP contribution >= 0.6 is 11.3 Å². The number of benzene rings is 1. The molecule has 0 aliphatic rings. The number of ketones is 1. The van der Waals surface area contributed by atoms with Crippen LogP contribution in [0.25, 0.3) is 0 Å². The van der Waals surface area contributed by atoms with Crippen LogP contribution in [-0.2, 0) is 22.6 Å². The Morgan fingerprint density at radius 3 is 2.46 bits per heavy atom. The lowest BCUT2D eigenvalue weighted by Gasteiger charge is -2.17. The molecule has 1 heterocycles. The summed E-state index contributed by atoms with van der Waals surface area (Å²) in [4.78, 5) is 24.3. The molecule has 0 aliphatic heterocycles. The van der Waals surface area contributed by atoms with E-state index in [-0.39, 0.29) is 12.3 Å². The molecular formula is C18H17F3N2O2S. The van der Waals surface area contributed by atoms with Crippen LogP contribution in [0.3, 0.4) is 0 Å². The van der Waals surface area contributed by atoms with Gasteiger partial charge in [-0.05, 0) is 17.0 Å². The van der Waals surface area contributed by atoms with Gasteiger partial charge in [-0.15, -0.1) is 11.3 Å². The minimum Gasteiger partial charge on any atom is -0.379 e. The Balaban J connectivity index is 2.01. The monoisotopic (exact) mass is 382 g/mol. The average molecular weight is 382 g/mol. The highest BCUT2D eigenvalue weighted by molar-refractivity contribution is 7.09. The number of alkyl halides is 3. The highest BCUT2D eigenvalue weighted by atomic mass is 32.1. The minimum atomic E-state index is -4.94. The summed E-state index contributed by atoms with van der Waals surface area (Å²) in [5.41, 5.74) is 0.840. The molecule has 2 rings (SSSR count). The normalized spacial score (nSPS) is 12.7. The van der Waals surface area contributed by atoms with Gasteiger partial charge in [0, 0.05) is 23.6 Å². The molecule has 8 heteroatoms. The second-order valence-electron chi connectivity index (χ2n) is 5.40. The van der Waals surface area contributed by atoms with Crippen molar-refractivity contribution in [3.63, 3.8) is 0 Å². The summed E-state index contributed by atoms with van der Waals surface area (Å²) in [5.74, 6) is -2.35. The van der Waals surface area contributed by atoms with E-state index >= 15 is 0 Å². The fraction of sp³-hybridized carbons (Fsp3) is 0.222. The number of nitrogens with one attached hydrogen (secondary N) is 2. The molecule has 26 heavy (non-hydrogen) atoms. The van der Waals surface area contributed by atoms with Gasteiger partial charge in [-0.25, -0.2) is 0 Å². The summed E-state index contributed by atoms with van der Waals surface area (Å²) < 4.78 is 36.8. The van der Waals surface area contributed by atoms with E-state index in [9.17, 15) is 22.8 Å². The Hall–Kier alpha value is -2.61. The van der Waals surface area contributed by atoms with Gasteiger partial charge in [-0.1, -0.05) is 36.4 Å². The Morgan fingerprint density at radius 1 is 1.12 bits per heavy atom. The van der Waals surface area contributed by atoms with Crippen LogP contribution in [0.5, 0.6) is 0 Å². The number of halogens is 3. The molecule has 1 aromatic carbocycles. The summed E-state index contributed by atoms with van der Waals surface area (Å²) in [5, 5.41) is 7.21. The molecule has 0 fully saturated rings. The third-order valence-electron chi connectivity index (χ3n) is 3.43. The third kappa shape index (κ3) is 6.36. The number of carbonyl (C=O) groups excluding carboxylic acids is 2. The SMILES string of the molecule is O=C(NCc1cccs1)C(Cc1ccccc1)NC=CC(=O)C(F)(F)F. The minimum absolute atomic E-state index is 0.266. The van der Waals surface area contributed by atoms with Crippen molar-refractivity contribution in [2.45, 2.75) is 25.2 Å². The third-order valence-corrected chi connectivity index (χ3v) is 4.30. The van der Waals surface area contributed by atoms with E-state index in [4.69, 9.17) is 0 Å². The summed E-state index contributed by atoms with van der Waals surface area (Å²) in [6.07, 6.45) is -3.42. The van der Waals surface area contributed by atoms with E-state index in [0.717, 1.165) is 16.6 Å². The molecule has 1 aromatic heterocycles. The van der Waals surface area contributed by atoms with E-state index in [1.807, 2.05) is 35.7 Å². The standard InChI is InChI=1S/C18H17F3N2O2S/c19-18(20,21)16(24)8-9-22-15(11-13-5-2-1-3-6-13)17(25)23-12-14-7-4-10-26-14/h1-10,15,22H,11-12H2,(H,23,25). The number of hydrogen-bond donors (Lipinski definition) is 2. The van der Waals surface area contributed by atoms with E-state index in [2.05, 4.69) is 10.6 Å². The maximum Gasteiger partial charge on any atom is 0.454 e. The molecule has 0 spiro atoms. The molecule has 2 N–H and O–H groups in total. The van der Waals surface area contributed by atoms with Gasteiger partial charge in [-0.3, -0.25) is 9.59 Å². The second kappa shape index (κ2) is 9.19. The largest absolute Gasteiger partial charge is 0.454 e. The molecule has 138 valence electrons. The molecule has 0 saturated carbocycles.